The lowest BCUT2D eigenvalue weighted by atomic mass is 10.1. The third kappa shape index (κ3) is 6.40. The molecule has 0 spiro atoms. The molecule has 10 heteroatoms. The topological polar surface area (TPSA) is 116 Å². The maximum Gasteiger partial charge on any atom is 0.244 e. The fraction of sp³-hybridized carbons (Fsp3) is 0.208. The minimum atomic E-state index is -3.68. The van der Waals surface area contributed by atoms with Gasteiger partial charge >= 0.3 is 0 Å². The maximum atomic E-state index is 12.4. The second kappa shape index (κ2) is 11.4. The lowest BCUT2D eigenvalue weighted by Gasteiger charge is -2.14. The van der Waals surface area contributed by atoms with E-state index < -0.39 is 10.0 Å². The van der Waals surface area contributed by atoms with Crippen molar-refractivity contribution in [1.82, 2.24) is 10.0 Å². The molecule has 0 atom stereocenters. The van der Waals surface area contributed by atoms with Crippen molar-refractivity contribution in [3.8, 4) is 17.2 Å². The number of carbonyl (C=O) groups excluding carboxylic acids is 1. The van der Waals surface area contributed by atoms with Gasteiger partial charge in [-0.05, 0) is 53.6 Å². The van der Waals surface area contributed by atoms with Gasteiger partial charge in [0.2, 0.25) is 21.7 Å². The van der Waals surface area contributed by atoms with E-state index in [0.29, 0.717) is 28.6 Å². The van der Waals surface area contributed by atoms with Gasteiger partial charge in [-0.1, -0.05) is 12.1 Å². The summed E-state index contributed by atoms with van der Waals surface area (Å²) < 4.78 is 48.3. The summed E-state index contributed by atoms with van der Waals surface area (Å²) in [6.45, 7) is 0.307. The molecule has 9 nitrogen and oxygen atoms in total. The predicted octanol–water partition coefficient (Wildman–Crippen LogP) is 3.11. The first kappa shape index (κ1) is 24.9. The van der Waals surface area contributed by atoms with Gasteiger partial charge in [0.1, 0.15) is 5.76 Å². The first-order valence-corrected chi connectivity index (χ1v) is 11.7. The molecule has 0 fully saturated rings. The van der Waals surface area contributed by atoms with Gasteiger partial charge in [0, 0.05) is 12.6 Å². The average Bonchev–Trinajstić information content (AvgIpc) is 3.38. The molecule has 34 heavy (non-hydrogen) atoms. The van der Waals surface area contributed by atoms with E-state index in [9.17, 15) is 13.2 Å². The zero-order valence-corrected chi connectivity index (χ0v) is 19.8. The van der Waals surface area contributed by atoms with Crippen LogP contribution in [-0.2, 0) is 27.9 Å². The van der Waals surface area contributed by atoms with Crippen LogP contribution in [0.25, 0.3) is 6.08 Å². The predicted molar refractivity (Wildman–Crippen MR) is 126 cm³/mol. The molecule has 2 N–H and O–H groups in total. The van der Waals surface area contributed by atoms with Crippen LogP contribution < -0.4 is 24.2 Å². The van der Waals surface area contributed by atoms with Gasteiger partial charge in [-0.25, -0.2) is 13.1 Å². The molecule has 0 unspecified atom stereocenters. The zero-order chi connectivity index (χ0) is 24.6. The standard InChI is InChI=1S/C24H26N2O7S/c1-30-21-13-18(14-22(31-2)24(21)32-3)15-25-23(27)11-8-17-6-9-20(10-7-17)34(28,29)26-16-19-5-4-12-33-19/h4-14,26H,15-16H2,1-3H3,(H,25,27)/b11-8+. The van der Waals surface area contributed by atoms with Gasteiger partial charge in [-0.15, -0.1) is 0 Å². The van der Waals surface area contributed by atoms with Crippen LogP contribution in [0.1, 0.15) is 16.9 Å². The highest BCUT2D eigenvalue weighted by molar-refractivity contribution is 7.89. The molecule has 0 aliphatic carbocycles. The Morgan fingerprint density at radius 2 is 1.65 bits per heavy atom. The highest BCUT2D eigenvalue weighted by Crippen LogP contribution is 2.38. The molecular formula is C24H26N2O7S. The molecular weight excluding hydrogens is 460 g/mol. The largest absolute Gasteiger partial charge is 0.493 e. The van der Waals surface area contributed by atoms with Gasteiger partial charge in [0.15, 0.2) is 11.5 Å². The van der Waals surface area contributed by atoms with Gasteiger partial charge in [0.25, 0.3) is 0 Å². The second-order valence-corrected chi connectivity index (χ2v) is 8.82. The van der Waals surface area contributed by atoms with Gasteiger partial charge < -0.3 is 23.9 Å². The quantitative estimate of drug-likeness (QED) is 0.400. The van der Waals surface area contributed by atoms with Gasteiger partial charge in [0.05, 0.1) is 39.0 Å². The van der Waals surface area contributed by atoms with E-state index >= 15 is 0 Å². The molecule has 0 bridgehead atoms. The number of sulfonamides is 1. The normalized spacial score (nSPS) is 11.4. The van der Waals surface area contributed by atoms with Crippen molar-refractivity contribution in [1.29, 1.82) is 0 Å². The third-order valence-corrected chi connectivity index (χ3v) is 6.24. The number of amides is 1. The van der Waals surface area contributed by atoms with Crippen LogP contribution in [0.3, 0.4) is 0 Å². The third-order valence-electron chi connectivity index (χ3n) is 4.83. The molecule has 0 saturated carbocycles. The Morgan fingerprint density at radius 1 is 0.971 bits per heavy atom. The molecule has 3 aromatic rings. The van der Waals surface area contributed by atoms with Crippen LogP contribution in [0, 0.1) is 0 Å². The van der Waals surface area contributed by atoms with E-state index in [2.05, 4.69) is 10.0 Å². The Labute approximate surface area is 198 Å². The molecule has 0 aliphatic rings. The number of hydrogen-bond acceptors (Lipinski definition) is 7. The molecule has 1 aromatic heterocycles. The van der Waals surface area contributed by atoms with E-state index in [1.54, 1.807) is 42.5 Å². The van der Waals surface area contributed by atoms with Crippen molar-refractivity contribution in [2.75, 3.05) is 21.3 Å². The van der Waals surface area contributed by atoms with Crippen molar-refractivity contribution in [3.63, 3.8) is 0 Å². The number of ether oxygens (including phenoxy) is 3. The maximum absolute atomic E-state index is 12.4. The van der Waals surface area contributed by atoms with E-state index in [1.807, 2.05) is 0 Å². The summed E-state index contributed by atoms with van der Waals surface area (Å²) in [6, 6.07) is 13.0. The molecule has 1 heterocycles. The molecule has 0 radical (unpaired) electrons. The Morgan fingerprint density at radius 3 is 2.21 bits per heavy atom. The first-order valence-electron chi connectivity index (χ1n) is 10.2. The summed E-state index contributed by atoms with van der Waals surface area (Å²) in [5.74, 6) is 1.67. The van der Waals surface area contributed by atoms with Crippen LogP contribution in [0.15, 0.2) is 70.2 Å². The number of carbonyl (C=O) groups is 1. The minimum absolute atomic E-state index is 0.0586. The Hall–Kier alpha value is -3.76. The summed E-state index contributed by atoms with van der Waals surface area (Å²) >= 11 is 0. The number of benzene rings is 2. The number of hydrogen-bond donors (Lipinski definition) is 2. The zero-order valence-electron chi connectivity index (χ0n) is 19.0. The van der Waals surface area contributed by atoms with Crippen molar-refractivity contribution in [2.45, 2.75) is 18.0 Å². The smallest absolute Gasteiger partial charge is 0.244 e. The molecule has 0 aliphatic heterocycles. The molecule has 180 valence electrons. The van der Waals surface area contributed by atoms with E-state index in [1.165, 1.54) is 45.8 Å². The van der Waals surface area contributed by atoms with Crippen molar-refractivity contribution >= 4 is 22.0 Å². The van der Waals surface area contributed by atoms with Crippen LogP contribution in [-0.4, -0.2) is 35.7 Å². The lowest BCUT2D eigenvalue weighted by Crippen LogP contribution is -2.22. The molecule has 2 aromatic carbocycles. The first-order chi connectivity index (χ1) is 16.4. The second-order valence-electron chi connectivity index (χ2n) is 7.06. The van der Waals surface area contributed by atoms with Crippen LogP contribution in [0.2, 0.25) is 0 Å². The fourth-order valence-corrected chi connectivity index (χ4v) is 4.07. The number of rotatable bonds is 11. The van der Waals surface area contributed by atoms with Gasteiger partial charge in [-0.2, -0.15) is 0 Å². The van der Waals surface area contributed by atoms with Crippen LogP contribution in [0.4, 0.5) is 0 Å². The summed E-state index contributed by atoms with van der Waals surface area (Å²) in [6.07, 6.45) is 4.44. The monoisotopic (exact) mass is 486 g/mol. The lowest BCUT2D eigenvalue weighted by molar-refractivity contribution is -0.116. The SMILES string of the molecule is COc1cc(CNC(=O)/C=C/c2ccc(S(=O)(=O)NCc3ccco3)cc2)cc(OC)c1OC. The van der Waals surface area contributed by atoms with E-state index in [0.717, 1.165) is 5.56 Å². The highest BCUT2D eigenvalue weighted by Gasteiger charge is 2.15. The average molecular weight is 487 g/mol. The fourth-order valence-electron chi connectivity index (χ4n) is 3.08. The Bertz CT molecular complexity index is 1210. The molecule has 1 amide bonds. The number of nitrogens with one attached hydrogen (secondary N) is 2. The minimum Gasteiger partial charge on any atom is -0.493 e. The van der Waals surface area contributed by atoms with E-state index in [4.69, 9.17) is 18.6 Å². The Kier molecular flexibility index (Phi) is 8.34. The highest BCUT2D eigenvalue weighted by atomic mass is 32.2. The van der Waals surface area contributed by atoms with E-state index in [-0.39, 0.29) is 23.9 Å². The van der Waals surface area contributed by atoms with Crippen molar-refractivity contribution in [3.05, 3.63) is 77.8 Å². The summed E-state index contributed by atoms with van der Waals surface area (Å²) in [5, 5.41) is 2.78. The van der Waals surface area contributed by atoms with Crippen LogP contribution in [0.5, 0.6) is 17.2 Å². The summed E-state index contributed by atoms with van der Waals surface area (Å²) in [4.78, 5) is 12.4. The summed E-state index contributed by atoms with van der Waals surface area (Å²) in [7, 11) is 0.881. The molecule has 3 rings (SSSR count). The summed E-state index contributed by atoms with van der Waals surface area (Å²) in [5.41, 5.74) is 1.45. The Balaban J connectivity index is 1.58. The number of furan rings is 1. The van der Waals surface area contributed by atoms with Gasteiger partial charge in [-0.3, -0.25) is 4.79 Å². The van der Waals surface area contributed by atoms with Crippen molar-refractivity contribution in [2.24, 2.45) is 0 Å². The van der Waals surface area contributed by atoms with Crippen molar-refractivity contribution < 1.29 is 31.8 Å². The molecule has 0 saturated heterocycles. The number of methoxy groups -OCH3 is 3. The van der Waals surface area contributed by atoms with Crippen LogP contribution >= 0.6 is 0 Å².